The molecule has 2 aromatic carbocycles. The first-order valence-electron chi connectivity index (χ1n) is 6.65. The van der Waals surface area contributed by atoms with E-state index in [2.05, 4.69) is 21.2 Å². The standard InChI is InChI=1S/C17H13BrClNO3/c1-10(8-11-2-5-13(18)6-3-11)16(21)20-15-9-12(17(22)23)4-7-14(15)19/h2-9H,1H3,(H,20,21)(H,22,23)/b10-8+. The summed E-state index contributed by atoms with van der Waals surface area (Å²) in [5, 5.41) is 11.9. The number of rotatable bonds is 4. The van der Waals surface area contributed by atoms with E-state index < -0.39 is 5.97 Å². The van der Waals surface area contributed by atoms with Crippen molar-refractivity contribution in [2.75, 3.05) is 5.32 Å². The lowest BCUT2D eigenvalue weighted by atomic mass is 10.1. The second-order valence-electron chi connectivity index (χ2n) is 4.83. The van der Waals surface area contributed by atoms with E-state index in [1.54, 1.807) is 13.0 Å². The third-order valence-electron chi connectivity index (χ3n) is 3.07. The van der Waals surface area contributed by atoms with Gasteiger partial charge in [0.25, 0.3) is 5.91 Å². The number of anilines is 1. The Bertz CT molecular complexity index is 785. The van der Waals surface area contributed by atoms with Crippen LogP contribution in [0.4, 0.5) is 5.69 Å². The third kappa shape index (κ3) is 4.68. The molecule has 1 amide bonds. The number of benzene rings is 2. The topological polar surface area (TPSA) is 66.4 Å². The van der Waals surface area contributed by atoms with Crippen molar-refractivity contribution in [2.24, 2.45) is 0 Å². The Balaban J connectivity index is 2.19. The van der Waals surface area contributed by atoms with Gasteiger partial charge in [-0.1, -0.05) is 39.7 Å². The second-order valence-corrected chi connectivity index (χ2v) is 6.16. The van der Waals surface area contributed by atoms with Gasteiger partial charge in [0.05, 0.1) is 16.3 Å². The van der Waals surface area contributed by atoms with E-state index in [-0.39, 0.29) is 22.2 Å². The first-order valence-corrected chi connectivity index (χ1v) is 7.82. The van der Waals surface area contributed by atoms with Gasteiger partial charge in [-0.15, -0.1) is 0 Å². The molecule has 23 heavy (non-hydrogen) atoms. The number of hydrogen-bond donors (Lipinski definition) is 2. The van der Waals surface area contributed by atoms with Gasteiger partial charge in [-0.3, -0.25) is 4.79 Å². The predicted octanol–water partition coefficient (Wildman–Crippen LogP) is 4.84. The van der Waals surface area contributed by atoms with Crippen LogP contribution in [-0.2, 0) is 4.79 Å². The van der Waals surface area contributed by atoms with Crippen molar-refractivity contribution in [3.05, 3.63) is 68.7 Å². The van der Waals surface area contributed by atoms with Crippen molar-refractivity contribution in [1.29, 1.82) is 0 Å². The molecule has 0 bridgehead atoms. The summed E-state index contributed by atoms with van der Waals surface area (Å²) in [7, 11) is 0. The molecule has 0 aliphatic rings. The molecule has 0 heterocycles. The Morgan fingerprint density at radius 1 is 1.17 bits per heavy atom. The summed E-state index contributed by atoms with van der Waals surface area (Å²) in [6, 6.07) is 11.7. The zero-order valence-corrected chi connectivity index (χ0v) is 14.5. The fraction of sp³-hybridized carbons (Fsp3) is 0.0588. The molecule has 2 aromatic rings. The maximum absolute atomic E-state index is 12.2. The van der Waals surface area contributed by atoms with E-state index >= 15 is 0 Å². The maximum atomic E-state index is 12.2. The summed E-state index contributed by atoms with van der Waals surface area (Å²) in [4.78, 5) is 23.2. The van der Waals surface area contributed by atoms with Crippen molar-refractivity contribution in [3.8, 4) is 0 Å². The molecule has 0 fully saturated rings. The van der Waals surface area contributed by atoms with Gasteiger partial charge in [0.15, 0.2) is 0 Å². The van der Waals surface area contributed by atoms with Crippen LogP contribution in [0.1, 0.15) is 22.8 Å². The Kier molecular flexibility index (Phi) is 5.58. The number of carboxylic acids is 1. The average Bonchev–Trinajstić information content (AvgIpc) is 2.51. The molecule has 4 nitrogen and oxygen atoms in total. The molecule has 0 radical (unpaired) electrons. The van der Waals surface area contributed by atoms with E-state index in [0.29, 0.717) is 5.57 Å². The Labute approximate surface area is 146 Å². The largest absolute Gasteiger partial charge is 0.478 e. The first-order chi connectivity index (χ1) is 10.9. The number of amides is 1. The van der Waals surface area contributed by atoms with Crippen molar-refractivity contribution < 1.29 is 14.7 Å². The molecule has 0 saturated heterocycles. The number of carboxylic acid groups (broad SMARTS) is 1. The molecule has 0 spiro atoms. The van der Waals surface area contributed by atoms with Crippen molar-refractivity contribution in [2.45, 2.75) is 6.92 Å². The Morgan fingerprint density at radius 3 is 2.43 bits per heavy atom. The van der Waals surface area contributed by atoms with Gasteiger partial charge in [-0.25, -0.2) is 4.79 Å². The first kappa shape index (κ1) is 17.2. The highest BCUT2D eigenvalue weighted by Gasteiger charge is 2.11. The molecule has 0 atom stereocenters. The smallest absolute Gasteiger partial charge is 0.335 e. The van der Waals surface area contributed by atoms with Crippen LogP contribution in [0.15, 0.2) is 52.5 Å². The van der Waals surface area contributed by atoms with Crippen LogP contribution in [0.5, 0.6) is 0 Å². The lowest BCUT2D eigenvalue weighted by Crippen LogP contribution is -2.13. The van der Waals surface area contributed by atoms with Gasteiger partial charge in [-0.2, -0.15) is 0 Å². The molecule has 0 unspecified atom stereocenters. The normalized spacial score (nSPS) is 11.2. The van der Waals surface area contributed by atoms with E-state index in [1.165, 1.54) is 18.2 Å². The molecular formula is C17H13BrClNO3. The van der Waals surface area contributed by atoms with Crippen LogP contribution in [-0.4, -0.2) is 17.0 Å². The minimum absolute atomic E-state index is 0.0549. The number of halogens is 2. The van der Waals surface area contributed by atoms with Crippen LogP contribution in [0, 0.1) is 0 Å². The van der Waals surface area contributed by atoms with E-state index in [9.17, 15) is 9.59 Å². The number of hydrogen-bond acceptors (Lipinski definition) is 2. The molecule has 6 heteroatoms. The predicted molar refractivity (Wildman–Crippen MR) is 94.8 cm³/mol. The summed E-state index contributed by atoms with van der Waals surface area (Å²) in [5.41, 5.74) is 1.68. The highest BCUT2D eigenvalue weighted by Crippen LogP contribution is 2.24. The fourth-order valence-electron chi connectivity index (χ4n) is 1.85. The molecule has 2 rings (SSSR count). The van der Waals surface area contributed by atoms with Crippen molar-refractivity contribution >= 4 is 51.2 Å². The van der Waals surface area contributed by atoms with Gasteiger partial charge in [-0.05, 0) is 48.9 Å². The summed E-state index contributed by atoms with van der Waals surface area (Å²) in [6.45, 7) is 1.67. The Morgan fingerprint density at radius 2 is 1.83 bits per heavy atom. The van der Waals surface area contributed by atoms with E-state index in [0.717, 1.165) is 10.0 Å². The zero-order valence-electron chi connectivity index (χ0n) is 12.1. The molecule has 0 aliphatic carbocycles. The lowest BCUT2D eigenvalue weighted by molar-refractivity contribution is -0.112. The van der Waals surface area contributed by atoms with E-state index in [1.807, 2.05) is 24.3 Å². The highest BCUT2D eigenvalue weighted by atomic mass is 79.9. The maximum Gasteiger partial charge on any atom is 0.335 e. The van der Waals surface area contributed by atoms with Crippen LogP contribution in [0.2, 0.25) is 5.02 Å². The van der Waals surface area contributed by atoms with Crippen molar-refractivity contribution in [1.82, 2.24) is 0 Å². The van der Waals surface area contributed by atoms with Gasteiger partial charge in [0.2, 0.25) is 0 Å². The number of nitrogens with one attached hydrogen (secondary N) is 1. The second kappa shape index (κ2) is 7.44. The van der Waals surface area contributed by atoms with Gasteiger partial charge in [0, 0.05) is 10.0 Å². The van der Waals surface area contributed by atoms with Crippen LogP contribution in [0.3, 0.4) is 0 Å². The van der Waals surface area contributed by atoms with Crippen LogP contribution < -0.4 is 5.32 Å². The quantitative estimate of drug-likeness (QED) is 0.729. The highest BCUT2D eigenvalue weighted by molar-refractivity contribution is 9.10. The molecule has 0 aromatic heterocycles. The lowest BCUT2D eigenvalue weighted by Gasteiger charge is -2.08. The van der Waals surface area contributed by atoms with Crippen LogP contribution in [0.25, 0.3) is 6.08 Å². The zero-order chi connectivity index (χ0) is 17.0. The molecule has 0 saturated carbocycles. The SMILES string of the molecule is C/C(=C\c1ccc(Br)cc1)C(=O)Nc1cc(C(=O)O)ccc1Cl. The molecule has 0 aliphatic heterocycles. The van der Waals surface area contributed by atoms with E-state index in [4.69, 9.17) is 16.7 Å². The number of carbonyl (C=O) groups excluding carboxylic acids is 1. The van der Waals surface area contributed by atoms with Crippen LogP contribution >= 0.6 is 27.5 Å². The van der Waals surface area contributed by atoms with Crippen molar-refractivity contribution in [3.63, 3.8) is 0 Å². The minimum atomic E-state index is -1.08. The third-order valence-corrected chi connectivity index (χ3v) is 3.93. The summed E-state index contributed by atoms with van der Waals surface area (Å²) in [6.07, 6.45) is 1.73. The Hall–Kier alpha value is -2.11. The number of carbonyl (C=O) groups is 2. The summed E-state index contributed by atoms with van der Waals surface area (Å²) < 4.78 is 0.953. The molecule has 2 N–H and O–H groups in total. The summed E-state index contributed by atoms with van der Waals surface area (Å²) in [5.74, 6) is -1.43. The molecular weight excluding hydrogens is 382 g/mol. The van der Waals surface area contributed by atoms with Gasteiger partial charge in [0.1, 0.15) is 0 Å². The number of aromatic carboxylic acids is 1. The average molecular weight is 395 g/mol. The van der Waals surface area contributed by atoms with Gasteiger partial charge >= 0.3 is 5.97 Å². The fourth-order valence-corrected chi connectivity index (χ4v) is 2.28. The monoisotopic (exact) mass is 393 g/mol. The minimum Gasteiger partial charge on any atom is -0.478 e. The summed E-state index contributed by atoms with van der Waals surface area (Å²) >= 11 is 9.34. The molecule has 118 valence electrons. The van der Waals surface area contributed by atoms with Gasteiger partial charge < -0.3 is 10.4 Å².